The molecule has 1 saturated heterocycles. The molecule has 0 aliphatic carbocycles. The van der Waals surface area contributed by atoms with E-state index >= 15 is 0 Å². The van der Waals surface area contributed by atoms with Gasteiger partial charge in [-0.3, -0.25) is 4.90 Å². The molecular formula is C7H14N2O. The maximum atomic E-state index is 10.4. The molecule has 1 aliphatic rings. The summed E-state index contributed by atoms with van der Waals surface area (Å²) in [5, 5.41) is 3.18. The number of nitrogens with zero attached hydrogens (tertiary/aromatic N) is 1. The zero-order valence-electron chi connectivity index (χ0n) is 6.34. The van der Waals surface area contributed by atoms with E-state index in [-0.39, 0.29) is 6.04 Å². The Morgan fingerprint density at radius 2 is 2.60 bits per heavy atom. The summed E-state index contributed by atoms with van der Waals surface area (Å²) in [5.41, 5.74) is 0. The van der Waals surface area contributed by atoms with Crippen molar-refractivity contribution in [1.82, 2.24) is 10.2 Å². The van der Waals surface area contributed by atoms with Gasteiger partial charge in [0.15, 0.2) is 0 Å². The Bertz CT molecular complexity index is 116. The van der Waals surface area contributed by atoms with E-state index in [1.807, 2.05) is 0 Å². The van der Waals surface area contributed by atoms with Gasteiger partial charge in [-0.1, -0.05) is 6.92 Å². The average Bonchev–Trinajstić information content (AvgIpc) is 2.04. The van der Waals surface area contributed by atoms with Crippen LogP contribution in [0.25, 0.3) is 0 Å². The van der Waals surface area contributed by atoms with E-state index in [9.17, 15) is 4.79 Å². The Labute approximate surface area is 61.4 Å². The number of likely N-dealkylation sites (N-methyl/N-ethyl adjacent to an activating group) is 1. The lowest BCUT2D eigenvalue weighted by molar-refractivity contribution is -0.112. The smallest absolute Gasteiger partial charge is 0.138 e. The Morgan fingerprint density at radius 1 is 1.80 bits per heavy atom. The summed E-state index contributed by atoms with van der Waals surface area (Å²) in [6, 6.07) is 0.110. The largest absolute Gasteiger partial charge is 0.313 e. The first kappa shape index (κ1) is 7.69. The fraction of sp³-hybridized carbons (Fsp3) is 0.857. The van der Waals surface area contributed by atoms with Crippen molar-refractivity contribution in [3.8, 4) is 0 Å². The van der Waals surface area contributed by atoms with Crippen LogP contribution in [0, 0.1) is 0 Å². The molecule has 1 unspecified atom stereocenters. The van der Waals surface area contributed by atoms with Crippen LogP contribution in [0.4, 0.5) is 0 Å². The topological polar surface area (TPSA) is 32.3 Å². The Kier molecular flexibility index (Phi) is 2.83. The van der Waals surface area contributed by atoms with E-state index in [2.05, 4.69) is 17.1 Å². The third-order valence-electron chi connectivity index (χ3n) is 1.96. The minimum atomic E-state index is 0.110. The number of piperazine rings is 1. The summed E-state index contributed by atoms with van der Waals surface area (Å²) in [4.78, 5) is 12.6. The molecule has 1 rings (SSSR count). The van der Waals surface area contributed by atoms with Gasteiger partial charge < -0.3 is 10.1 Å². The first-order valence-corrected chi connectivity index (χ1v) is 3.78. The molecule has 0 aromatic carbocycles. The van der Waals surface area contributed by atoms with Gasteiger partial charge in [0.1, 0.15) is 6.29 Å². The van der Waals surface area contributed by atoms with E-state index in [1.165, 1.54) is 0 Å². The van der Waals surface area contributed by atoms with E-state index in [4.69, 9.17) is 0 Å². The summed E-state index contributed by atoms with van der Waals surface area (Å²) in [6.07, 6.45) is 1.02. The van der Waals surface area contributed by atoms with E-state index in [1.54, 1.807) is 0 Å². The van der Waals surface area contributed by atoms with Crippen LogP contribution < -0.4 is 5.32 Å². The first-order valence-electron chi connectivity index (χ1n) is 3.78. The Hall–Kier alpha value is -0.410. The van der Waals surface area contributed by atoms with Crippen LogP contribution in [0.1, 0.15) is 6.92 Å². The quantitative estimate of drug-likeness (QED) is 0.526. The molecule has 0 aromatic heterocycles. The molecule has 1 aliphatic heterocycles. The highest BCUT2D eigenvalue weighted by atomic mass is 16.1. The van der Waals surface area contributed by atoms with Crippen molar-refractivity contribution in [2.75, 3.05) is 26.2 Å². The van der Waals surface area contributed by atoms with E-state index < -0.39 is 0 Å². The lowest BCUT2D eigenvalue weighted by Gasteiger charge is -2.31. The second-order valence-corrected chi connectivity index (χ2v) is 2.54. The zero-order chi connectivity index (χ0) is 7.40. The normalized spacial score (nSPS) is 28.3. The van der Waals surface area contributed by atoms with E-state index in [0.29, 0.717) is 0 Å². The molecular weight excluding hydrogens is 128 g/mol. The number of rotatable bonds is 2. The highest BCUT2D eigenvalue weighted by Gasteiger charge is 2.18. The number of hydrogen-bond acceptors (Lipinski definition) is 3. The molecule has 10 heavy (non-hydrogen) atoms. The number of nitrogens with one attached hydrogen (secondary N) is 1. The number of carbonyl (C=O) groups is 1. The van der Waals surface area contributed by atoms with Crippen molar-refractivity contribution in [3.63, 3.8) is 0 Å². The molecule has 1 N–H and O–H groups in total. The molecule has 0 aromatic rings. The summed E-state index contributed by atoms with van der Waals surface area (Å²) in [5.74, 6) is 0. The van der Waals surface area contributed by atoms with Crippen molar-refractivity contribution in [2.24, 2.45) is 0 Å². The van der Waals surface area contributed by atoms with Gasteiger partial charge in [-0.25, -0.2) is 0 Å². The van der Waals surface area contributed by atoms with Gasteiger partial charge in [-0.2, -0.15) is 0 Å². The van der Waals surface area contributed by atoms with Crippen molar-refractivity contribution in [3.05, 3.63) is 0 Å². The van der Waals surface area contributed by atoms with Crippen molar-refractivity contribution in [2.45, 2.75) is 13.0 Å². The molecule has 3 heteroatoms. The first-order chi connectivity index (χ1) is 4.88. The third-order valence-corrected chi connectivity index (χ3v) is 1.96. The molecule has 3 nitrogen and oxygen atoms in total. The second-order valence-electron chi connectivity index (χ2n) is 2.54. The Balaban J connectivity index is 2.41. The lowest BCUT2D eigenvalue weighted by Crippen LogP contribution is -2.51. The number of hydrogen-bond donors (Lipinski definition) is 1. The third kappa shape index (κ3) is 1.55. The van der Waals surface area contributed by atoms with Crippen molar-refractivity contribution < 1.29 is 4.79 Å². The van der Waals surface area contributed by atoms with Crippen LogP contribution in [0.2, 0.25) is 0 Å². The molecule has 0 amide bonds. The maximum absolute atomic E-state index is 10.4. The van der Waals surface area contributed by atoms with Gasteiger partial charge in [-0.15, -0.1) is 0 Å². The van der Waals surface area contributed by atoms with Crippen molar-refractivity contribution >= 4 is 6.29 Å². The van der Waals surface area contributed by atoms with E-state index in [0.717, 1.165) is 32.5 Å². The molecule has 1 fully saturated rings. The molecule has 0 spiro atoms. The average molecular weight is 142 g/mol. The van der Waals surface area contributed by atoms with Crippen LogP contribution in [-0.4, -0.2) is 43.4 Å². The fourth-order valence-corrected chi connectivity index (χ4v) is 1.29. The SMILES string of the molecule is CCN1CCNCC1C=O. The summed E-state index contributed by atoms with van der Waals surface area (Å²) >= 11 is 0. The van der Waals surface area contributed by atoms with Crippen LogP contribution >= 0.6 is 0 Å². The standard InChI is InChI=1S/C7H14N2O/c1-2-9-4-3-8-5-7(9)6-10/h6-8H,2-5H2,1H3. The Morgan fingerprint density at radius 3 is 3.10 bits per heavy atom. The minimum absolute atomic E-state index is 0.110. The van der Waals surface area contributed by atoms with Gasteiger partial charge in [0.05, 0.1) is 6.04 Å². The van der Waals surface area contributed by atoms with Gasteiger partial charge >= 0.3 is 0 Å². The van der Waals surface area contributed by atoms with Crippen LogP contribution in [0.5, 0.6) is 0 Å². The summed E-state index contributed by atoms with van der Waals surface area (Å²) in [7, 11) is 0. The summed E-state index contributed by atoms with van der Waals surface area (Å²) in [6.45, 7) is 5.89. The van der Waals surface area contributed by atoms with Gasteiger partial charge in [0.25, 0.3) is 0 Å². The van der Waals surface area contributed by atoms with Crippen LogP contribution in [0.3, 0.4) is 0 Å². The lowest BCUT2D eigenvalue weighted by atomic mass is 10.2. The van der Waals surface area contributed by atoms with Crippen LogP contribution in [-0.2, 0) is 4.79 Å². The maximum Gasteiger partial charge on any atom is 0.138 e. The van der Waals surface area contributed by atoms with Gasteiger partial charge in [0, 0.05) is 19.6 Å². The minimum Gasteiger partial charge on any atom is -0.313 e. The molecule has 1 atom stereocenters. The highest BCUT2D eigenvalue weighted by Crippen LogP contribution is 1.98. The molecule has 58 valence electrons. The van der Waals surface area contributed by atoms with Crippen LogP contribution in [0.15, 0.2) is 0 Å². The predicted molar refractivity (Wildman–Crippen MR) is 40.0 cm³/mol. The summed E-state index contributed by atoms with van der Waals surface area (Å²) < 4.78 is 0. The highest BCUT2D eigenvalue weighted by molar-refractivity contribution is 5.58. The molecule has 0 saturated carbocycles. The van der Waals surface area contributed by atoms with Gasteiger partial charge in [-0.05, 0) is 6.54 Å². The van der Waals surface area contributed by atoms with Crippen molar-refractivity contribution in [1.29, 1.82) is 0 Å². The molecule has 1 heterocycles. The number of aldehydes is 1. The monoisotopic (exact) mass is 142 g/mol. The molecule has 0 radical (unpaired) electrons. The number of carbonyl (C=O) groups excluding carboxylic acids is 1. The van der Waals surface area contributed by atoms with Gasteiger partial charge in [0.2, 0.25) is 0 Å². The second kappa shape index (κ2) is 3.68. The predicted octanol–water partition coefficient (Wildman–Crippen LogP) is -0.521. The fourth-order valence-electron chi connectivity index (χ4n) is 1.29. The molecule has 0 bridgehead atoms. The zero-order valence-corrected chi connectivity index (χ0v) is 6.34.